The van der Waals surface area contributed by atoms with E-state index in [9.17, 15) is 15.2 Å². The average Bonchev–Trinajstić information content (AvgIpc) is 2.81. The third kappa shape index (κ3) is 1.75. The van der Waals surface area contributed by atoms with Gasteiger partial charge < -0.3 is 10.0 Å². The van der Waals surface area contributed by atoms with E-state index >= 15 is 0 Å². The van der Waals surface area contributed by atoms with E-state index in [1.165, 1.54) is 0 Å². The van der Waals surface area contributed by atoms with Gasteiger partial charge in [-0.25, -0.2) is 4.98 Å². The Kier molecular flexibility index (Phi) is 2.52. The predicted octanol–water partition coefficient (Wildman–Crippen LogP) is 1.78. The molecule has 0 radical (unpaired) electrons. The summed E-state index contributed by atoms with van der Waals surface area (Å²) in [7, 11) is 0. The lowest BCUT2D eigenvalue weighted by Crippen LogP contribution is -2.16. The lowest BCUT2D eigenvalue weighted by Gasteiger charge is -2.17. The van der Waals surface area contributed by atoms with Gasteiger partial charge in [-0.15, -0.1) is 0 Å². The zero-order chi connectivity index (χ0) is 13.4. The molecule has 7 nitrogen and oxygen atoms in total. The van der Waals surface area contributed by atoms with Gasteiger partial charge in [-0.1, -0.05) is 18.2 Å². The zero-order valence-corrected chi connectivity index (χ0v) is 9.85. The first kappa shape index (κ1) is 11.4. The molecule has 1 aliphatic heterocycles. The molecule has 0 fully saturated rings. The molecule has 0 unspecified atom stereocenters. The SMILES string of the molecule is O=[N+]([O-])c1c(O)ncnc1N1CCc2ccccc21. The van der Waals surface area contributed by atoms with Gasteiger partial charge in [0, 0.05) is 12.2 Å². The van der Waals surface area contributed by atoms with Crippen LogP contribution in [-0.2, 0) is 6.42 Å². The highest BCUT2D eigenvalue weighted by molar-refractivity contribution is 5.74. The Morgan fingerprint density at radius 1 is 1.32 bits per heavy atom. The number of nitro groups is 1. The minimum atomic E-state index is -0.661. The molecule has 2 heterocycles. The molecule has 3 rings (SSSR count). The second-order valence-corrected chi connectivity index (χ2v) is 4.16. The first-order valence-electron chi connectivity index (χ1n) is 5.72. The van der Waals surface area contributed by atoms with E-state index < -0.39 is 16.5 Å². The van der Waals surface area contributed by atoms with Gasteiger partial charge >= 0.3 is 5.69 Å². The second-order valence-electron chi connectivity index (χ2n) is 4.16. The highest BCUT2D eigenvalue weighted by atomic mass is 16.6. The maximum absolute atomic E-state index is 11.1. The van der Waals surface area contributed by atoms with Crippen LogP contribution in [0.15, 0.2) is 30.6 Å². The number of nitrogens with zero attached hydrogens (tertiary/aromatic N) is 4. The Morgan fingerprint density at radius 3 is 2.89 bits per heavy atom. The molecule has 1 aliphatic rings. The first-order valence-corrected chi connectivity index (χ1v) is 5.72. The summed E-state index contributed by atoms with van der Waals surface area (Å²) in [4.78, 5) is 19.5. The van der Waals surface area contributed by atoms with Crippen molar-refractivity contribution in [2.45, 2.75) is 6.42 Å². The summed E-state index contributed by atoms with van der Waals surface area (Å²) in [6.07, 6.45) is 1.91. The van der Waals surface area contributed by atoms with Crippen molar-refractivity contribution in [1.82, 2.24) is 9.97 Å². The fourth-order valence-electron chi connectivity index (χ4n) is 2.28. The number of fused-ring (bicyclic) bond motifs is 1. The molecule has 0 amide bonds. The van der Waals surface area contributed by atoms with Gasteiger partial charge in [0.05, 0.1) is 4.92 Å². The molecule has 0 spiro atoms. The van der Waals surface area contributed by atoms with Crippen molar-refractivity contribution in [2.75, 3.05) is 11.4 Å². The topological polar surface area (TPSA) is 92.4 Å². The third-order valence-electron chi connectivity index (χ3n) is 3.11. The van der Waals surface area contributed by atoms with E-state index in [1.807, 2.05) is 24.3 Å². The van der Waals surface area contributed by atoms with Crippen LogP contribution in [-0.4, -0.2) is 26.5 Å². The van der Waals surface area contributed by atoms with Crippen molar-refractivity contribution in [3.8, 4) is 5.88 Å². The normalized spacial score (nSPS) is 13.4. The van der Waals surface area contributed by atoms with E-state index in [0.717, 1.165) is 24.0 Å². The van der Waals surface area contributed by atoms with Crippen LogP contribution in [0.1, 0.15) is 5.56 Å². The van der Waals surface area contributed by atoms with Crippen LogP contribution in [0.25, 0.3) is 0 Å². The fraction of sp³-hybridized carbons (Fsp3) is 0.167. The molecule has 7 heteroatoms. The minimum Gasteiger partial charge on any atom is -0.488 e. The van der Waals surface area contributed by atoms with E-state index in [0.29, 0.717) is 6.54 Å². The number of benzene rings is 1. The van der Waals surface area contributed by atoms with Crippen LogP contribution in [0.2, 0.25) is 0 Å². The van der Waals surface area contributed by atoms with Crippen LogP contribution in [0.3, 0.4) is 0 Å². The Labute approximate surface area is 108 Å². The number of hydrogen-bond donors (Lipinski definition) is 1. The van der Waals surface area contributed by atoms with Gasteiger partial charge in [-0.05, 0) is 18.1 Å². The minimum absolute atomic E-state index is 0.127. The highest BCUT2D eigenvalue weighted by Gasteiger charge is 2.31. The van der Waals surface area contributed by atoms with Crippen molar-refractivity contribution >= 4 is 17.2 Å². The number of aromatic nitrogens is 2. The molecule has 0 saturated carbocycles. The van der Waals surface area contributed by atoms with Crippen molar-refractivity contribution in [3.63, 3.8) is 0 Å². The lowest BCUT2D eigenvalue weighted by atomic mass is 10.2. The van der Waals surface area contributed by atoms with Gasteiger partial charge in [0.15, 0.2) is 0 Å². The molecule has 1 aromatic carbocycles. The predicted molar refractivity (Wildman–Crippen MR) is 67.5 cm³/mol. The number of aromatic hydroxyl groups is 1. The van der Waals surface area contributed by atoms with Crippen LogP contribution in [0.4, 0.5) is 17.2 Å². The summed E-state index contributed by atoms with van der Waals surface area (Å²) in [5, 5.41) is 20.6. The van der Waals surface area contributed by atoms with Gasteiger partial charge in [0.25, 0.3) is 5.88 Å². The van der Waals surface area contributed by atoms with Gasteiger partial charge in [0.2, 0.25) is 5.82 Å². The standard InChI is InChI=1S/C12H10N4O3/c17-12-10(16(18)19)11(13-7-14-12)15-6-5-8-3-1-2-4-9(8)15/h1-4,7H,5-6H2,(H,13,14,17). The van der Waals surface area contributed by atoms with Crippen molar-refractivity contribution in [1.29, 1.82) is 0 Å². The van der Waals surface area contributed by atoms with Crippen LogP contribution < -0.4 is 4.90 Å². The summed E-state index contributed by atoms with van der Waals surface area (Å²) in [5.41, 5.74) is 1.53. The van der Waals surface area contributed by atoms with Gasteiger partial charge in [0.1, 0.15) is 6.33 Å². The maximum atomic E-state index is 11.1. The second kappa shape index (κ2) is 4.20. The van der Waals surface area contributed by atoms with Crippen LogP contribution in [0, 0.1) is 10.1 Å². The van der Waals surface area contributed by atoms with E-state index in [2.05, 4.69) is 9.97 Å². The van der Waals surface area contributed by atoms with Crippen molar-refractivity contribution < 1.29 is 10.0 Å². The first-order chi connectivity index (χ1) is 9.18. The van der Waals surface area contributed by atoms with Gasteiger partial charge in [-0.3, -0.25) is 10.1 Å². The fourth-order valence-corrected chi connectivity index (χ4v) is 2.28. The Balaban J connectivity index is 2.15. The van der Waals surface area contributed by atoms with Crippen molar-refractivity contribution in [2.24, 2.45) is 0 Å². The molecule has 0 bridgehead atoms. The number of hydrogen-bond acceptors (Lipinski definition) is 6. The van der Waals surface area contributed by atoms with Crippen LogP contribution in [0.5, 0.6) is 5.88 Å². The van der Waals surface area contributed by atoms with E-state index in [-0.39, 0.29) is 5.82 Å². The van der Waals surface area contributed by atoms with Crippen LogP contribution >= 0.6 is 0 Å². The molecular formula is C12H10N4O3. The maximum Gasteiger partial charge on any atom is 0.373 e. The molecule has 2 aromatic rings. The summed E-state index contributed by atoms with van der Waals surface area (Å²) >= 11 is 0. The van der Waals surface area contributed by atoms with Crippen molar-refractivity contribution in [3.05, 3.63) is 46.3 Å². The van der Waals surface area contributed by atoms with E-state index in [1.54, 1.807) is 4.90 Å². The number of anilines is 2. The average molecular weight is 258 g/mol. The molecule has 0 atom stereocenters. The quantitative estimate of drug-likeness (QED) is 0.652. The lowest BCUT2D eigenvalue weighted by molar-refractivity contribution is -0.385. The summed E-state index contributed by atoms with van der Waals surface area (Å²) in [6.45, 7) is 0.594. The molecule has 0 aliphatic carbocycles. The summed E-state index contributed by atoms with van der Waals surface area (Å²) in [6, 6.07) is 7.64. The third-order valence-corrected chi connectivity index (χ3v) is 3.11. The molecule has 1 N–H and O–H groups in total. The highest BCUT2D eigenvalue weighted by Crippen LogP contribution is 2.40. The largest absolute Gasteiger partial charge is 0.488 e. The molecule has 0 saturated heterocycles. The summed E-state index contributed by atoms with van der Waals surface area (Å²) in [5.74, 6) is -0.484. The molecule has 96 valence electrons. The number of rotatable bonds is 2. The monoisotopic (exact) mass is 258 g/mol. The zero-order valence-electron chi connectivity index (χ0n) is 9.85. The van der Waals surface area contributed by atoms with Gasteiger partial charge in [-0.2, -0.15) is 4.98 Å². The van der Waals surface area contributed by atoms with E-state index in [4.69, 9.17) is 0 Å². The molecular weight excluding hydrogens is 248 g/mol. The summed E-state index contributed by atoms with van der Waals surface area (Å²) < 4.78 is 0. The Hall–Kier alpha value is -2.70. The molecule has 1 aromatic heterocycles. The smallest absolute Gasteiger partial charge is 0.373 e. The number of para-hydroxylation sites is 1. The molecule has 19 heavy (non-hydrogen) atoms. The Bertz CT molecular complexity index is 659. The Morgan fingerprint density at radius 2 is 2.11 bits per heavy atom.